The van der Waals surface area contributed by atoms with Gasteiger partial charge in [0, 0.05) is 11.1 Å². The first-order valence-electron chi connectivity index (χ1n) is 10.2. The highest BCUT2D eigenvalue weighted by Gasteiger charge is 2.45. The van der Waals surface area contributed by atoms with Crippen LogP contribution in [0.15, 0.2) is 23.0 Å². The second-order valence-corrected chi connectivity index (χ2v) is 7.77. The SMILES string of the molecule is CC[C@@]1(O)C(=O)OCc2c1cc1n(c2=O)Cc2c-1nc1ccc(OC)c(OC)c1c2OC. The molecule has 0 fully saturated rings. The van der Waals surface area contributed by atoms with Crippen LogP contribution in [-0.4, -0.2) is 42.0 Å². The molecule has 5 rings (SSSR count). The van der Waals surface area contributed by atoms with Crippen LogP contribution in [0, 0.1) is 0 Å². The lowest BCUT2D eigenvalue weighted by atomic mass is 9.86. The zero-order valence-electron chi connectivity index (χ0n) is 18.1. The maximum Gasteiger partial charge on any atom is 0.343 e. The lowest BCUT2D eigenvalue weighted by Gasteiger charge is -2.31. The Labute approximate surface area is 183 Å². The third-order valence-electron chi connectivity index (χ3n) is 6.35. The van der Waals surface area contributed by atoms with Crippen LogP contribution in [0.1, 0.15) is 30.0 Å². The smallest absolute Gasteiger partial charge is 0.343 e. The highest BCUT2D eigenvalue weighted by atomic mass is 16.6. The van der Waals surface area contributed by atoms with Crippen molar-refractivity contribution in [2.24, 2.45) is 0 Å². The number of methoxy groups -OCH3 is 3. The second-order valence-electron chi connectivity index (χ2n) is 7.77. The predicted octanol–water partition coefficient (Wildman–Crippen LogP) is 2.11. The quantitative estimate of drug-likeness (QED) is 0.483. The van der Waals surface area contributed by atoms with E-state index in [0.717, 1.165) is 0 Å². The topological polar surface area (TPSA) is 109 Å². The van der Waals surface area contributed by atoms with Crippen LogP contribution in [0.2, 0.25) is 0 Å². The first kappa shape index (κ1) is 20.3. The molecule has 0 bridgehead atoms. The average Bonchev–Trinajstić information content (AvgIpc) is 3.18. The van der Waals surface area contributed by atoms with E-state index in [2.05, 4.69) is 0 Å². The molecule has 1 atom stereocenters. The Morgan fingerprint density at radius 2 is 1.88 bits per heavy atom. The van der Waals surface area contributed by atoms with Crippen LogP contribution in [0.4, 0.5) is 0 Å². The van der Waals surface area contributed by atoms with Gasteiger partial charge in [-0.2, -0.15) is 0 Å². The van der Waals surface area contributed by atoms with Gasteiger partial charge >= 0.3 is 5.97 Å². The summed E-state index contributed by atoms with van der Waals surface area (Å²) in [5.41, 5.74) is 0.717. The first-order chi connectivity index (χ1) is 15.4. The van der Waals surface area contributed by atoms with E-state index in [1.165, 1.54) is 0 Å². The molecule has 4 heterocycles. The summed E-state index contributed by atoms with van der Waals surface area (Å²) in [5, 5.41) is 11.6. The van der Waals surface area contributed by atoms with Gasteiger partial charge in [0.15, 0.2) is 17.1 Å². The van der Waals surface area contributed by atoms with Gasteiger partial charge in [-0.1, -0.05) is 6.92 Å². The normalized spacial score (nSPS) is 18.6. The number of hydrogen-bond acceptors (Lipinski definition) is 8. The molecule has 166 valence electrons. The molecule has 2 aliphatic heterocycles. The minimum atomic E-state index is -1.87. The van der Waals surface area contributed by atoms with E-state index in [1.54, 1.807) is 51.0 Å². The van der Waals surface area contributed by atoms with Crippen LogP contribution < -0.4 is 19.8 Å². The fourth-order valence-corrected chi connectivity index (χ4v) is 4.67. The number of aliphatic hydroxyl groups is 1. The van der Waals surface area contributed by atoms with Crippen molar-refractivity contribution in [3.8, 4) is 28.6 Å². The lowest BCUT2D eigenvalue weighted by molar-refractivity contribution is -0.172. The minimum absolute atomic E-state index is 0.0834. The third-order valence-corrected chi connectivity index (χ3v) is 6.35. The summed E-state index contributed by atoms with van der Waals surface area (Å²) >= 11 is 0. The second kappa shape index (κ2) is 6.96. The summed E-state index contributed by atoms with van der Waals surface area (Å²) in [6.07, 6.45) is 0.0834. The lowest BCUT2D eigenvalue weighted by Crippen LogP contribution is -2.44. The molecular weight excluding hydrogens is 416 g/mol. The van der Waals surface area contributed by atoms with Gasteiger partial charge in [0.2, 0.25) is 0 Å². The van der Waals surface area contributed by atoms with Crippen molar-refractivity contribution in [1.82, 2.24) is 9.55 Å². The van der Waals surface area contributed by atoms with E-state index < -0.39 is 11.6 Å². The van der Waals surface area contributed by atoms with E-state index in [4.69, 9.17) is 23.9 Å². The van der Waals surface area contributed by atoms with Crippen molar-refractivity contribution in [3.63, 3.8) is 0 Å². The monoisotopic (exact) mass is 438 g/mol. The highest BCUT2D eigenvalue weighted by Crippen LogP contribution is 2.47. The standard InChI is InChI=1S/C23H22N2O7/c1-5-23(28)13-8-15-18-11(9-25(15)21(26)12(13)10-32-22(23)27)19(30-3)17-14(24-18)6-7-16(29-2)20(17)31-4/h6-8,28H,5,9-10H2,1-4H3/t23-/m0/s1. The summed E-state index contributed by atoms with van der Waals surface area (Å²) in [6.45, 7) is 1.72. The molecule has 32 heavy (non-hydrogen) atoms. The molecule has 3 aromatic rings. The summed E-state index contributed by atoms with van der Waals surface area (Å²) in [6, 6.07) is 5.21. The van der Waals surface area contributed by atoms with Crippen molar-refractivity contribution in [1.29, 1.82) is 0 Å². The van der Waals surface area contributed by atoms with Gasteiger partial charge in [-0.15, -0.1) is 0 Å². The number of aromatic nitrogens is 2. The highest BCUT2D eigenvalue weighted by molar-refractivity contribution is 5.97. The maximum atomic E-state index is 13.3. The maximum absolute atomic E-state index is 13.3. The molecule has 2 aliphatic rings. The van der Waals surface area contributed by atoms with Gasteiger partial charge in [0.1, 0.15) is 12.4 Å². The van der Waals surface area contributed by atoms with Crippen LogP contribution in [0.3, 0.4) is 0 Å². The number of carbonyl (C=O) groups excluding carboxylic acids is 1. The average molecular weight is 438 g/mol. The fourth-order valence-electron chi connectivity index (χ4n) is 4.67. The minimum Gasteiger partial charge on any atom is -0.495 e. The Balaban J connectivity index is 1.84. The van der Waals surface area contributed by atoms with Crippen molar-refractivity contribution in [2.45, 2.75) is 32.1 Å². The van der Waals surface area contributed by atoms with E-state index in [1.807, 2.05) is 0 Å². The molecule has 1 N–H and O–H groups in total. The van der Waals surface area contributed by atoms with E-state index in [-0.39, 0.29) is 36.3 Å². The molecule has 0 saturated heterocycles. The molecule has 1 aromatic carbocycles. The van der Waals surface area contributed by atoms with Gasteiger partial charge in [-0.05, 0) is 24.6 Å². The summed E-state index contributed by atoms with van der Waals surface area (Å²) in [4.78, 5) is 30.5. The van der Waals surface area contributed by atoms with Gasteiger partial charge in [-0.3, -0.25) is 4.79 Å². The number of cyclic esters (lactones) is 1. The van der Waals surface area contributed by atoms with Crippen molar-refractivity contribution in [2.75, 3.05) is 21.3 Å². The van der Waals surface area contributed by atoms with Gasteiger partial charge in [-0.25, -0.2) is 9.78 Å². The van der Waals surface area contributed by atoms with E-state index in [0.29, 0.717) is 45.1 Å². The number of benzene rings is 1. The molecule has 0 amide bonds. The molecular formula is C23H22N2O7. The Kier molecular flexibility index (Phi) is 4.42. The number of rotatable bonds is 4. The van der Waals surface area contributed by atoms with Crippen molar-refractivity contribution in [3.05, 3.63) is 45.2 Å². The molecule has 0 radical (unpaired) electrons. The van der Waals surface area contributed by atoms with Crippen molar-refractivity contribution >= 4 is 16.9 Å². The Morgan fingerprint density at radius 1 is 1.12 bits per heavy atom. The number of esters is 1. The third kappa shape index (κ3) is 2.45. The first-order valence-corrected chi connectivity index (χ1v) is 10.2. The fraction of sp³-hybridized carbons (Fsp3) is 0.348. The number of hydrogen-bond donors (Lipinski definition) is 1. The van der Waals surface area contributed by atoms with Gasteiger partial charge in [0.25, 0.3) is 5.56 Å². The Bertz CT molecular complexity index is 1360. The predicted molar refractivity (Wildman–Crippen MR) is 114 cm³/mol. The zero-order chi connectivity index (χ0) is 22.8. The molecule has 9 heteroatoms. The van der Waals surface area contributed by atoms with Crippen molar-refractivity contribution < 1.29 is 28.8 Å². The van der Waals surface area contributed by atoms with Gasteiger partial charge < -0.3 is 28.6 Å². The van der Waals surface area contributed by atoms with Crippen LogP contribution in [0.25, 0.3) is 22.3 Å². The Hall–Kier alpha value is -3.59. The largest absolute Gasteiger partial charge is 0.495 e. The number of carbonyl (C=O) groups is 1. The molecule has 0 spiro atoms. The number of pyridine rings is 2. The number of fused-ring (bicyclic) bond motifs is 5. The number of ether oxygens (including phenoxy) is 4. The van der Waals surface area contributed by atoms with Gasteiger partial charge in [0.05, 0.1) is 55.7 Å². The van der Waals surface area contributed by atoms with E-state index >= 15 is 0 Å². The molecule has 0 saturated carbocycles. The summed E-state index contributed by atoms with van der Waals surface area (Å²) in [5.74, 6) is 0.793. The summed E-state index contributed by atoms with van der Waals surface area (Å²) < 4.78 is 23.5. The zero-order valence-corrected chi connectivity index (χ0v) is 18.1. The molecule has 9 nitrogen and oxygen atoms in total. The molecule has 0 aliphatic carbocycles. The Morgan fingerprint density at radius 3 is 2.53 bits per heavy atom. The van der Waals surface area contributed by atoms with E-state index in [9.17, 15) is 14.7 Å². The van der Waals surface area contributed by atoms with Crippen LogP contribution in [0.5, 0.6) is 17.2 Å². The number of nitrogens with zero attached hydrogens (tertiary/aromatic N) is 2. The molecule has 0 unspecified atom stereocenters. The molecule has 2 aromatic heterocycles. The van der Waals surface area contributed by atoms with Crippen LogP contribution >= 0.6 is 0 Å². The van der Waals surface area contributed by atoms with Crippen LogP contribution in [-0.2, 0) is 28.3 Å². The summed E-state index contributed by atoms with van der Waals surface area (Å²) in [7, 11) is 4.64.